The van der Waals surface area contributed by atoms with Crippen LogP contribution in [0.2, 0.25) is 0 Å². The number of aliphatic hydroxyl groups is 1. The Balaban J connectivity index is 2.15. The van der Waals surface area contributed by atoms with E-state index in [0.717, 1.165) is 25.0 Å². The first-order chi connectivity index (χ1) is 8.14. The zero-order valence-corrected chi connectivity index (χ0v) is 10.4. The van der Waals surface area contributed by atoms with Gasteiger partial charge in [0.1, 0.15) is 5.69 Å². The second-order valence-corrected chi connectivity index (χ2v) is 4.58. The van der Waals surface area contributed by atoms with E-state index >= 15 is 0 Å². The monoisotopic (exact) mass is 237 g/mol. The number of carbonyl (C=O) groups excluding carboxylic acids is 1. The first-order valence-corrected chi connectivity index (χ1v) is 6.14. The summed E-state index contributed by atoms with van der Waals surface area (Å²) in [6.45, 7) is 4.66. The highest BCUT2D eigenvalue weighted by molar-refractivity contribution is 5.93. The summed E-state index contributed by atoms with van der Waals surface area (Å²) in [4.78, 5) is 12.1. The van der Waals surface area contributed by atoms with Crippen LogP contribution in [0, 0.1) is 0 Å². The molecular formula is C12H19N3O2. The van der Waals surface area contributed by atoms with Crippen molar-refractivity contribution in [3.8, 4) is 0 Å². The molecule has 1 heterocycles. The maximum atomic E-state index is 12.1. The maximum absolute atomic E-state index is 12.1. The zero-order chi connectivity index (χ0) is 12.5. The highest BCUT2D eigenvalue weighted by Gasteiger charge is 2.43. The van der Waals surface area contributed by atoms with Crippen molar-refractivity contribution in [3.63, 3.8) is 0 Å². The summed E-state index contributed by atoms with van der Waals surface area (Å²) in [7, 11) is 0. The van der Waals surface area contributed by atoms with Crippen LogP contribution in [0.3, 0.4) is 0 Å². The van der Waals surface area contributed by atoms with Crippen LogP contribution in [-0.2, 0) is 13.0 Å². The molecule has 1 amide bonds. The summed E-state index contributed by atoms with van der Waals surface area (Å²) in [5.41, 5.74) is 1.14. The molecule has 1 aromatic rings. The number of amides is 1. The van der Waals surface area contributed by atoms with Gasteiger partial charge in [-0.3, -0.25) is 9.48 Å². The van der Waals surface area contributed by atoms with Crippen LogP contribution in [0.25, 0.3) is 0 Å². The minimum absolute atomic E-state index is 0.0135. The van der Waals surface area contributed by atoms with Gasteiger partial charge in [-0.15, -0.1) is 0 Å². The lowest BCUT2D eigenvalue weighted by Crippen LogP contribution is -2.40. The molecule has 2 rings (SSSR count). The van der Waals surface area contributed by atoms with Crippen LogP contribution in [0.1, 0.15) is 42.9 Å². The molecule has 0 unspecified atom stereocenters. The lowest BCUT2D eigenvalue weighted by atomic mass is 10.2. The van der Waals surface area contributed by atoms with Crippen molar-refractivity contribution in [2.75, 3.05) is 6.61 Å². The quantitative estimate of drug-likeness (QED) is 0.793. The van der Waals surface area contributed by atoms with Crippen molar-refractivity contribution in [2.45, 2.75) is 45.2 Å². The standard InChI is InChI=1S/C12H19N3O2/c1-3-9-7-10(15(4-2)14-9)11(17)13-12(8-16)5-6-12/h7,16H,3-6,8H2,1-2H3,(H,13,17). The van der Waals surface area contributed by atoms with Crippen molar-refractivity contribution in [1.82, 2.24) is 15.1 Å². The molecule has 1 aromatic heterocycles. The highest BCUT2D eigenvalue weighted by atomic mass is 16.3. The summed E-state index contributed by atoms with van der Waals surface area (Å²) >= 11 is 0. The van der Waals surface area contributed by atoms with Crippen LogP contribution in [-0.4, -0.2) is 32.9 Å². The summed E-state index contributed by atoms with van der Waals surface area (Å²) in [6, 6.07) is 1.83. The van der Waals surface area contributed by atoms with Gasteiger partial charge in [0.05, 0.1) is 17.8 Å². The van der Waals surface area contributed by atoms with Crippen LogP contribution in [0.5, 0.6) is 0 Å². The molecule has 0 spiro atoms. The Bertz CT molecular complexity index is 421. The lowest BCUT2D eigenvalue weighted by molar-refractivity contribution is 0.0896. The van der Waals surface area contributed by atoms with Gasteiger partial charge in [-0.05, 0) is 32.3 Å². The molecule has 5 heteroatoms. The Morgan fingerprint density at radius 3 is 2.76 bits per heavy atom. The number of hydrogen-bond donors (Lipinski definition) is 2. The number of carbonyl (C=O) groups is 1. The Hall–Kier alpha value is -1.36. The largest absolute Gasteiger partial charge is 0.394 e. The third-order valence-electron chi connectivity index (χ3n) is 3.26. The smallest absolute Gasteiger partial charge is 0.270 e. The van der Waals surface area contributed by atoms with E-state index < -0.39 is 0 Å². The van der Waals surface area contributed by atoms with Crippen LogP contribution < -0.4 is 5.32 Å². The average Bonchev–Trinajstić information content (AvgIpc) is 2.98. The van der Waals surface area contributed by atoms with Gasteiger partial charge in [-0.2, -0.15) is 5.10 Å². The molecule has 94 valence electrons. The summed E-state index contributed by atoms with van der Waals surface area (Å²) in [5.74, 6) is -0.134. The Labute approximate surface area is 101 Å². The van der Waals surface area contributed by atoms with Crippen molar-refractivity contribution in [3.05, 3.63) is 17.5 Å². The van der Waals surface area contributed by atoms with Crippen LogP contribution in [0.15, 0.2) is 6.07 Å². The summed E-state index contributed by atoms with van der Waals surface area (Å²) < 4.78 is 1.71. The average molecular weight is 237 g/mol. The lowest BCUT2D eigenvalue weighted by Gasteiger charge is -2.14. The van der Waals surface area contributed by atoms with Crippen molar-refractivity contribution in [2.24, 2.45) is 0 Å². The fourth-order valence-electron chi connectivity index (χ4n) is 1.85. The Morgan fingerprint density at radius 2 is 2.29 bits per heavy atom. The van der Waals surface area contributed by atoms with E-state index in [4.69, 9.17) is 0 Å². The van der Waals surface area contributed by atoms with Gasteiger partial charge < -0.3 is 10.4 Å². The minimum Gasteiger partial charge on any atom is -0.394 e. The fourth-order valence-corrected chi connectivity index (χ4v) is 1.85. The van der Waals surface area contributed by atoms with E-state index in [0.29, 0.717) is 12.2 Å². The van der Waals surface area contributed by atoms with Crippen molar-refractivity contribution < 1.29 is 9.90 Å². The van der Waals surface area contributed by atoms with Gasteiger partial charge >= 0.3 is 0 Å². The summed E-state index contributed by atoms with van der Waals surface area (Å²) in [5, 5.41) is 16.4. The molecule has 1 aliphatic carbocycles. The second kappa shape index (κ2) is 4.49. The molecule has 0 aromatic carbocycles. The van der Waals surface area contributed by atoms with Crippen LogP contribution >= 0.6 is 0 Å². The number of hydrogen-bond acceptors (Lipinski definition) is 3. The van der Waals surface area contributed by atoms with Gasteiger partial charge in [0.25, 0.3) is 5.91 Å². The summed E-state index contributed by atoms with van der Waals surface area (Å²) in [6.07, 6.45) is 2.53. The highest BCUT2D eigenvalue weighted by Crippen LogP contribution is 2.34. The molecule has 1 fully saturated rings. The first-order valence-electron chi connectivity index (χ1n) is 6.14. The van der Waals surface area contributed by atoms with Crippen molar-refractivity contribution in [1.29, 1.82) is 0 Å². The van der Waals surface area contributed by atoms with E-state index in [9.17, 15) is 9.90 Å². The Morgan fingerprint density at radius 1 is 1.59 bits per heavy atom. The number of aryl methyl sites for hydroxylation is 2. The fraction of sp³-hybridized carbons (Fsp3) is 0.667. The molecule has 5 nitrogen and oxygen atoms in total. The molecule has 0 aliphatic heterocycles. The van der Waals surface area contributed by atoms with E-state index in [1.54, 1.807) is 4.68 Å². The molecule has 2 N–H and O–H groups in total. The normalized spacial score (nSPS) is 16.9. The molecule has 0 atom stereocenters. The first kappa shape index (κ1) is 12.1. The van der Waals surface area contributed by atoms with Crippen molar-refractivity contribution >= 4 is 5.91 Å². The Kier molecular flexibility index (Phi) is 3.19. The molecule has 17 heavy (non-hydrogen) atoms. The maximum Gasteiger partial charge on any atom is 0.270 e. The number of aliphatic hydroxyl groups excluding tert-OH is 1. The third-order valence-corrected chi connectivity index (χ3v) is 3.26. The predicted octanol–water partition coefficient (Wildman–Crippen LogP) is 0.720. The minimum atomic E-state index is -0.369. The van der Waals surface area contributed by atoms with Gasteiger partial charge in [0, 0.05) is 6.54 Å². The van der Waals surface area contributed by atoms with E-state index in [1.807, 2.05) is 19.9 Å². The van der Waals surface area contributed by atoms with Gasteiger partial charge in [0.2, 0.25) is 0 Å². The third kappa shape index (κ3) is 2.34. The zero-order valence-electron chi connectivity index (χ0n) is 10.4. The molecule has 0 radical (unpaired) electrons. The number of nitrogens with one attached hydrogen (secondary N) is 1. The van der Waals surface area contributed by atoms with E-state index in [1.165, 1.54) is 0 Å². The van der Waals surface area contributed by atoms with E-state index in [2.05, 4.69) is 10.4 Å². The van der Waals surface area contributed by atoms with Gasteiger partial charge in [-0.1, -0.05) is 6.92 Å². The second-order valence-electron chi connectivity index (χ2n) is 4.58. The number of nitrogens with zero attached hydrogens (tertiary/aromatic N) is 2. The molecule has 0 saturated heterocycles. The molecule has 1 saturated carbocycles. The SMILES string of the molecule is CCc1cc(C(=O)NC2(CO)CC2)n(CC)n1. The van der Waals surface area contributed by atoms with Crippen LogP contribution in [0.4, 0.5) is 0 Å². The molecule has 1 aliphatic rings. The van der Waals surface area contributed by atoms with Gasteiger partial charge in [-0.25, -0.2) is 0 Å². The predicted molar refractivity (Wildman–Crippen MR) is 63.8 cm³/mol. The molecule has 0 bridgehead atoms. The number of rotatable bonds is 5. The molecular weight excluding hydrogens is 218 g/mol. The number of aromatic nitrogens is 2. The van der Waals surface area contributed by atoms with E-state index in [-0.39, 0.29) is 18.1 Å². The topological polar surface area (TPSA) is 67.2 Å². The van der Waals surface area contributed by atoms with Gasteiger partial charge in [0.15, 0.2) is 0 Å².